The molecular weight excluding hydrogens is 508 g/mol. The maximum Gasteiger partial charge on any atom is 0.306 e. The van der Waals surface area contributed by atoms with Crippen LogP contribution in [0.3, 0.4) is 0 Å². The highest BCUT2D eigenvalue weighted by Crippen LogP contribution is 2.28. The number of aryl methyl sites for hydroxylation is 2. The minimum Gasteiger partial charge on any atom is -0.508 e. The van der Waals surface area contributed by atoms with Crippen LogP contribution in [0.1, 0.15) is 61.0 Å². The van der Waals surface area contributed by atoms with Crippen LogP contribution in [0.25, 0.3) is 0 Å². The lowest BCUT2D eigenvalue weighted by molar-refractivity contribution is -0.144. The first-order chi connectivity index (χ1) is 17.3. The molecule has 0 aromatic heterocycles. The maximum absolute atomic E-state index is 11.8. The first kappa shape index (κ1) is 33.2. The van der Waals surface area contributed by atoms with Crippen LogP contribution in [0.4, 0.5) is 0 Å². The molecule has 4 N–H and O–H groups in total. The smallest absolute Gasteiger partial charge is 0.306 e. The van der Waals surface area contributed by atoms with E-state index in [9.17, 15) is 29.4 Å². The van der Waals surface area contributed by atoms with Gasteiger partial charge in [0.2, 0.25) is 5.24 Å². The van der Waals surface area contributed by atoms with Gasteiger partial charge in [-0.3, -0.25) is 19.2 Å². The van der Waals surface area contributed by atoms with Gasteiger partial charge in [0.15, 0.2) is 5.78 Å². The summed E-state index contributed by atoms with van der Waals surface area (Å²) in [6.45, 7) is 7.41. The number of aromatic hydroxyl groups is 4. The van der Waals surface area contributed by atoms with Crippen LogP contribution in [-0.2, 0) is 23.9 Å². The van der Waals surface area contributed by atoms with Crippen LogP contribution in [0, 0.1) is 13.8 Å². The van der Waals surface area contributed by atoms with Gasteiger partial charge >= 0.3 is 11.9 Å². The molecule has 0 bridgehead atoms. The predicted octanol–water partition coefficient (Wildman–Crippen LogP) is 4.43. The number of carbonyl (C=O) groups excluding carboxylic acids is 4. The van der Waals surface area contributed by atoms with E-state index < -0.39 is 11.2 Å². The van der Waals surface area contributed by atoms with E-state index in [0.717, 1.165) is 11.6 Å². The molecule has 204 valence electrons. The summed E-state index contributed by atoms with van der Waals surface area (Å²) in [7, 11) is 0. The molecule has 0 aliphatic carbocycles. The molecule has 0 saturated carbocycles. The average molecular weight is 541 g/mol. The number of hydrogen-bond acceptors (Lipinski definition) is 10. The lowest BCUT2D eigenvalue weighted by Crippen LogP contribution is -2.08. The molecule has 2 aromatic rings. The molecule has 0 saturated heterocycles. The molecule has 0 aliphatic heterocycles. The number of Topliss-reactive ketones (excluding diaryl/α,β-unsaturated/α-hetero) is 1. The van der Waals surface area contributed by atoms with Gasteiger partial charge in [0.25, 0.3) is 0 Å². The Bertz CT molecular complexity index is 1070. The fourth-order valence-electron chi connectivity index (χ4n) is 2.52. The van der Waals surface area contributed by atoms with Gasteiger partial charge in [-0.25, -0.2) is 0 Å². The molecule has 10 nitrogen and oxygen atoms in total. The van der Waals surface area contributed by atoms with Gasteiger partial charge in [-0.1, -0.05) is 6.07 Å². The van der Waals surface area contributed by atoms with Crippen molar-refractivity contribution in [1.82, 2.24) is 0 Å². The number of phenolic OH excluding ortho intramolecular Hbond substituents is 4. The number of benzene rings is 2. The molecule has 0 aliphatic rings. The topological polar surface area (TPSA) is 168 Å². The summed E-state index contributed by atoms with van der Waals surface area (Å²) in [5.74, 6) is -1.31. The number of rotatable bonds is 9. The van der Waals surface area contributed by atoms with Crippen LogP contribution in [0.2, 0.25) is 0 Å². The molecule has 0 fully saturated rings. The second kappa shape index (κ2) is 17.6. The summed E-state index contributed by atoms with van der Waals surface area (Å²) in [6.07, 6.45) is 0.0825. The van der Waals surface area contributed by atoms with Crippen molar-refractivity contribution in [2.24, 2.45) is 0 Å². The van der Waals surface area contributed by atoms with Crippen molar-refractivity contribution in [2.75, 3.05) is 13.2 Å². The third-order valence-corrected chi connectivity index (χ3v) is 4.69. The zero-order valence-corrected chi connectivity index (χ0v) is 22.0. The molecule has 11 heteroatoms. The summed E-state index contributed by atoms with van der Waals surface area (Å²) in [4.78, 5) is 43.5. The van der Waals surface area contributed by atoms with Crippen molar-refractivity contribution in [1.29, 1.82) is 0 Å². The third-order valence-electron chi connectivity index (χ3n) is 4.50. The molecule has 0 unspecified atom stereocenters. The van der Waals surface area contributed by atoms with Crippen LogP contribution >= 0.6 is 11.6 Å². The first-order valence-corrected chi connectivity index (χ1v) is 11.7. The van der Waals surface area contributed by atoms with Crippen molar-refractivity contribution in [3.8, 4) is 23.0 Å². The number of esters is 2. The molecular formula is C26H33ClO10. The summed E-state index contributed by atoms with van der Waals surface area (Å²) in [5.41, 5.74) is 1.37. The summed E-state index contributed by atoms with van der Waals surface area (Å²) in [6, 6.07) is 7.03. The standard InChI is InChI=1S/C13H16O5.C7H8O2.C6H9ClO3/c1-3-18-13(17)5-4-10(14)9-6-8(2)11(15)7-12(9)16;1-5-2-3-6(8)4-7(5)9;1-2-10-6(9)4-3-5(7)8/h6-7,15-16H,3-5H2,1-2H3;2-4,8-9H,1H3;2-4H2,1H3. The molecule has 0 atom stereocenters. The Balaban J connectivity index is 0.000000577. The predicted molar refractivity (Wildman–Crippen MR) is 136 cm³/mol. The Kier molecular flexibility index (Phi) is 15.8. The van der Waals surface area contributed by atoms with E-state index in [4.69, 9.17) is 26.6 Å². The van der Waals surface area contributed by atoms with Crippen molar-refractivity contribution < 1.29 is 49.1 Å². The van der Waals surface area contributed by atoms with Crippen LogP contribution < -0.4 is 0 Å². The number of ether oxygens (including phenoxy) is 2. The molecule has 37 heavy (non-hydrogen) atoms. The van der Waals surface area contributed by atoms with Gasteiger partial charge in [0.05, 0.1) is 31.6 Å². The van der Waals surface area contributed by atoms with Gasteiger partial charge in [0.1, 0.15) is 23.0 Å². The second-order valence-electron chi connectivity index (χ2n) is 7.51. The largest absolute Gasteiger partial charge is 0.508 e. The first-order valence-electron chi connectivity index (χ1n) is 11.4. The minimum atomic E-state index is -0.506. The van der Waals surface area contributed by atoms with Gasteiger partial charge in [0, 0.05) is 25.0 Å². The Morgan fingerprint density at radius 1 is 0.703 bits per heavy atom. The second-order valence-corrected chi connectivity index (χ2v) is 7.94. The van der Waals surface area contributed by atoms with Crippen LogP contribution in [0.15, 0.2) is 30.3 Å². The number of carbonyl (C=O) groups is 4. The van der Waals surface area contributed by atoms with Gasteiger partial charge < -0.3 is 29.9 Å². The highest BCUT2D eigenvalue weighted by atomic mass is 35.5. The molecule has 2 rings (SSSR count). The SMILES string of the molecule is CCOC(=O)CCC(=O)Cl.CCOC(=O)CCC(=O)c1cc(C)c(O)cc1O.Cc1ccc(O)cc1O. The number of hydrogen-bond donors (Lipinski definition) is 4. The monoisotopic (exact) mass is 540 g/mol. The Labute approximate surface area is 220 Å². The van der Waals surface area contributed by atoms with Crippen molar-refractivity contribution in [3.63, 3.8) is 0 Å². The quantitative estimate of drug-likeness (QED) is 0.203. The van der Waals surface area contributed by atoms with E-state index in [-0.39, 0.29) is 72.6 Å². The summed E-state index contributed by atoms with van der Waals surface area (Å²) >= 11 is 4.98. The number of halogens is 1. The molecule has 0 heterocycles. The van der Waals surface area contributed by atoms with Gasteiger partial charge in [-0.05, 0) is 62.6 Å². The Morgan fingerprint density at radius 3 is 1.68 bits per heavy atom. The van der Waals surface area contributed by atoms with E-state index in [2.05, 4.69) is 4.74 Å². The maximum atomic E-state index is 11.8. The Hall–Kier alpha value is -3.79. The van der Waals surface area contributed by atoms with Gasteiger partial charge in [-0.2, -0.15) is 0 Å². The summed E-state index contributed by atoms with van der Waals surface area (Å²) in [5, 5.41) is 36.1. The molecule has 2 aromatic carbocycles. The third kappa shape index (κ3) is 14.4. The molecule has 0 amide bonds. The van der Waals surface area contributed by atoms with Crippen LogP contribution in [0.5, 0.6) is 23.0 Å². The molecule has 0 radical (unpaired) electrons. The normalized spacial score (nSPS) is 9.65. The van der Waals surface area contributed by atoms with E-state index >= 15 is 0 Å². The number of ketones is 1. The van der Waals surface area contributed by atoms with E-state index in [1.165, 1.54) is 18.2 Å². The van der Waals surface area contributed by atoms with Gasteiger partial charge in [-0.15, -0.1) is 0 Å². The van der Waals surface area contributed by atoms with Crippen molar-refractivity contribution in [3.05, 3.63) is 47.0 Å². The number of phenols is 4. The summed E-state index contributed by atoms with van der Waals surface area (Å²) < 4.78 is 9.25. The van der Waals surface area contributed by atoms with Crippen LogP contribution in [-0.4, -0.2) is 56.6 Å². The van der Waals surface area contributed by atoms with Crippen molar-refractivity contribution >= 4 is 34.6 Å². The fourth-order valence-corrected chi connectivity index (χ4v) is 2.62. The van der Waals surface area contributed by atoms with E-state index in [1.807, 2.05) is 0 Å². The lowest BCUT2D eigenvalue weighted by Gasteiger charge is -2.06. The molecule has 0 spiro atoms. The zero-order chi connectivity index (χ0) is 28.5. The Morgan fingerprint density at radius 2 is 1.22 bits per heavy atom. The average Bonchev–Trinajstić information content (AvgIpc) is 2.82. The van der Waals surface area contributed by atoms with E-state index in [1.54, 1.807) is 33.8 Å². The highest BCUT2D eigenvalue weighted by Gasteiger charge is 2.15. The lowest BCUT2D eigenvalue weighted by atomic mass is 10.0. The minimum absolute atomic E-state index is 0.0218. The fraction of sp³-hybridized carbons (Fsp3) is 0.385. The van der Waals surface area contributed by atoms with Crippen molar-refractivity contribution in [2.45, 2.75) is 53.4 Å². The zero-order valence-electron chi connectivity index (χ0n) is 21.2. The van der Waals surface area contributed by atoms with E-state index in [0.29, 0.717) is 12.2 Å². The highest BCUT2D eigenvalue weighted by molar-refractivity contribution is 6.63.